The highest BCUT2D eigenvalue weighted by atomic mass is 79.9. The van der Waals surface area contributed by atoms with Crippen LogP contribution in [0.2, 0.25) is 5.02 Å². The van der Waals surface area contributed by atoms with Gasteiger partial charge in [-0.15, -0.1) is 0 Å². The van der Waals surface area contributed by atoms with E-state index in [1.807, 2.05) is 24.3 Å². The van der Waals surface area contributed by atoms with Crippen molar-refractivity contribution in [2.45, 2.75) is 52.1 Å². The first kappa shape index (κ1) is 19.2. The third kappa shape index (κ3) is 4.41. The largest absolute Gasteiger partial charge is 0.488 e. The molecule has 1 saturated carbocycles. The predicted octanol–water partition coefficient (Wildman–Crippen LogP) is 6.44. The monoisotopic (exact) mass is 436 g/mol. The van der Waals surface area contributed by atoms with Crippen molar-refractivity contribution in [1.82, 2.24) is 0 Å². The Morgan fingerprint density at radius 1 is 1.23 bits per heavy atom. The number of ether oxygens (including phenoxy) is 2. The molecule has 0 spiro atoms. The van der Waals surface area contributed by atoms with Gasteiger partial charge in [-0.25, -0.2) is 0 Å². The maximum atomic E-state index is 11.8. The van der Waals surface area contributed by atoms with Crippen LogP contribution in [0.25, 0.3) is 0 Å². The molecule has 0 aliphatic heterocycles. The molecule has 138 valence electrons. The zero-order valence-electron chi connectivity index (χ0n) is 15.0. The molecular weight excluding hydrogens is 416 g/mol. The number of carbonyl (C=O) groups is 1. The summed E-state index contributed by atoms with van der Waals surface area (Å²) in [6.07, 6.45) is 3.53. The van der Waals surface area contributed by atoms with E-state index in [2.05, 4.69) is 28.9 Å². The molecule has 0 radical (unpaired) electrons. The van der Waals surface area contributed by atoms with Gasteiger partial charge in [-0.2, -0.15) is 0 Å². The predicted molar refractivity (Wildman–Crippen MR) is 107 cm³/mol. The summed E-state index contributed by atoms with van der Waals surface area (Å²) in [5, 5.41) is 0.693. The number of rotatable bonds is 7. The van der Waals surface area contributed by atoms with Crippen LogP contribution in [0.4, 0.5) is 0 Å². The first-order chi connectivity index (χ1) is 12.5. The molecule has 0 heterocycles. The Bertz CT molecular complexity index is 815. The summed E-state index contributed by atoms with van der Waals surface area (Å²) in [4.78, 5) is 11.8. The van der Waals surface area contributed by atoms with Crippen molar-refractivity contribution in [3.63, 3.8) is 0 Å². The Morgan fingerprint density at radius 2 is 2.00 bits per heavy atom. The van der Waals surface area contributed by atoms with Crippen molar-refractivity contribution in [2.24, 2.45) is 0 Å². The number of benzene rings is 2. The zero-order chi connectivity index (χ0) is 18.7. The van der Waals surface area contributed by atoms with E-state index >= 15 is 0 Å². The topological polar surface area (TPSA) is 35.5 Å². The fourth-order valence-electron chi connectivity index (χ4n) is 2.91. The molecule has 5 heteroatoms. The molecule has 1 aliphatic carbocycles. The lowest BCUT2D eigenvalue weighted by Gasteiger charge is -2.16. The number of halogens is 2. The molecule has 1 fully saturated rings. The fourth-order valence-corrected chi connectivity index (χ4v) is 3.70. The Morgan fingerprint density at radius 3 is 2.65 bits per heavy atom. The molecule has 0 bridgehead atoms. The van der Waals surface area contributed by atoms with Gasteiger partial charge >= 0.3 is 5.97 Å². The van der Waals surface area contributed by atoms with Crippen LogP contribution >= 0.6 is 27.5 Å². The van der Waals surface area contributed by atoms with Gasteiger partial charge in [-0.05, 0) is 64.4 Å². The standard InChI is InChI=1S/C21H22BrClO3/c1-3-13-10-17(22)20(11-18(13)23)25-12-16-15(14-8-9-14)6-5-7-19(16)26-21(24)4-2/h5-7,10-11,14H,3-4,8-9,12H2,1-2H3. The SMILES string of the molecule is CCC(=O)Oc1cccc(C2CC2)c1COc1cc(Cl)c(CC)cc1Br. The van der Waals surface area contributed by atoms with Crippen LogP contribution < -0.4 is 9.47 Å². The van der Waals surface area contributed by atoms with Crippen LogP contribution in [-0.2, 0) is 17.8 Å². The van der Waals surface area contributed by atoms with Gasteiger partial charge < -0.3 is 9.47 Å². The summed E-state index contributed by atoms with van der Waals surface area (Å²) in [5.41, 5.74) is 3.22. The molecule has 2 aromatic rings. The van der Waals surface area contributed by atoms with Gasteiger partial charge in [0.25, 0.3) is 0 Å². The molecule has 0 N–H and O–H groups in total. The van der Waals surface area contributed by atoms with Crippen molar-refractivity contribution in [2.75, 3.05) is 0 Å². The molecule has 0 saturated heterocycles. The average Bonchev–Trinajstić information content (AvgIpc) is 3.47. The summed E-state index contributed by atoms with van der Waals surface area (Å²) >= 11 is 9.88. The first-order valence-corrected chi connectivity index (χ1v) is 10.1. The van der Waals surface area contributed by atoms with Crippen LogP contribution in [0.3, 0.4) is 0 Å². The highest BCUT2D eigenvalue weighted by Crippen LogP contribution is 2.44. The minimum absolute atomic E-state index is 0.240. The fraction of sp³-hybridized carbons (Fsp3) is 0.381. The molecule has 1 aliphatic rings. The van der Waals surface area contributed by atoms with Crippen LogP contribution in [0, 0.1) is 0 Å². The Kier molecular flexibility index (Phi) is 6.25. The van der Waals surface area contributed by atoms with Gasteiger partial charge in [0.2, 0.25) is 0 Å². The van der Waals surface area contributed by atoms with E-state index in [4.69, 9.17) is 21.1 Å². The molecule has 3 nitrogen and oxygen atoms in total. The minimum atomic E-state index is -0.240. The van der Waals surface area contributed by atoms with E-state index in [0.717, 1.165) is 22.0 Å². The van der Waals surface area contributed by atoms with E-state index in [-0.39, 0.29) is 5.97 Å². The van der Waals surface area contributed by atoms with Gasteiger partial charge in [0.15, 0.2) is 0 Å². The number of hydrogen-bond donors (Lipinski definition) is 0. The summed E-state index contributed by atoms with van der Waals surface area (Å²) in [6, 6.07) is 9.70. The number of aryl methyl sites for hydroxylation is 1. The van der Waals surface area contributed by atoms with Crippen LogP contribution in [0.15, 0.2) is 34.8 Å². The molecule has 2 aromatic carbocycles. The number of hydrogen-bond acceptors (Lipinski definition) is 3. The van der Waals surface area contributed by atoms with Crippen LogP contribution in [-0.4, -0.2) is 5.97 Å². The molecule has 0 amide bonds. The normalized spacial score (nSPS) is 13.5. The van der Waals surface area contributed by atoms with Crippen molar-refractivity contribution in [3.05, 3.63) is 56.5 Å². The lowest BCUT2D eigenvalue weighted by atomic mass is 10.0. The van der Waals surface area contributed by atoms with E-state index in [1.165, 1.54) is 18.4 Å². The first-order valence-electron chi connectivity index (χ1n) is 8.96. The van der Waals surface area contributed by atoms with E-state index in [0.29, 0.717) is 35.5 Å². The number of carbonyl (C=O) groups excluding carboxylic acids is 1. The highest BCUT2D eigenvalue weighted by molar-refractivity contribution is 9.10. The third-order valence-corrected chi connectivity index (χ3v) is 5.52. The average molecular weight is 438 g/mol. The van der Waals surface area contributed by atoms with Crippen molar-refractivity contribution < 1.29 is 14.3 Å². The van der Waals surface area contributed by atoms with Crippen LogP contribution in [0.5, 0.6) is 11.5 Å². The molecule has 3 rings (SSSR count). The van der Waals surface area contributed by atoms with Gasteiger partial charge in [-0.1, -0.05) is 37.6 Å². The van der Waals surface area contributed by atoms with Gasteiger partial charge in [-0.3, -0.25) is 4.79 Å². The van der Waals surface area contributed by atoms with Gasteiger partial charge in [0, 0.05) is 23.1 Å². The van der Waals surface area contributed by atoms with Crippen molar-refractivity contribution in [1.29, 1.82) is 0 Å². The van der Waals surface area contributed by atoms with Gasteiger partial charge in [0.05, 0.1) is 4.47 Å². The Balaban J connectivity index is 1.87. The second-order valence-electron chi connectivity index (χ2n) is 6.44. The lowest BCUT2D eigenvalue weighted by molar-refractivity contribution is -0.134. The summed E-state index contributed by atoms with van der Waals surface area (Å²) in [7, 11) is 0. The highest BCUT2D eigenvalue weighted by Gasteiger charge is 2.28. The Hall–Kier alpha value is -1.52. The quantitative estimate of drug-likeness (QED) is 0.369. The molecular formula is C21H22BrClO3. The zero-order valence-corrected chi connectivity index (χ0v) is 17.3. The van der Waals surface area contributed by atoms with E-state index < -0.39 is 0 Å². The van der Waals surface area contributed by atoms with Crippen molar-refractivity contribution in [3.8, 4) is 11.5 Å². The summed E-state index contributed by atoms with van der Waals surface area (Å²) in [6.45, 7) is 4.19. The third-order valence-electron chi connectivity index (χ3n) is 4.55. The maximum absolute atomic E-state index is 11.8. The molecule has 26 heavy (non-hydrogen) atoms. The summed E-state index contributed by atoms with van der Waals surface area (Å²) < 4.78 is 12.5. The minimum Gasteiger partial charge on any atom is -0.488 e. The second-order valence-corrected chi connectivity index (χ2v) is 7.70. The molecule has 0 aromatic heterocycles. The van der Waals surface area contributed by atoms with Crippen molar-refractivity contribution >= 4 is 33.5 Å². The van der Waals surface area contributed by atoms with E-state index in [9.17, 15) is 4.79 Å². The van der Waals surface area contributed by atoms with Crippen LogP contribution in [0.1, 0.15) is 55.7 Å². The smallest absolute Gasteiger partial charge is 0.310 e. The maximum Gasteiger partial charge on any atom is 0.310 e. The number of esters is 1. The lowest BCUT2D eigenvalue weighted by Crippen LogP contribution is -2.10. The molecule has 0 atom stereocenters. The summed E-state index contributed by atoms with van der Waals surface area (Å²) in [5.74, 6) is 1.57. The second kappa shape index (κ2) is 8.45. The van der Waals surface area contributed by atoms with E-state index in [1.54, 1.807) is 6.92 Å². The van der Waals surface area contributed by atoms with Gasteiger partial charge in [0.1, 0.15) is 18.1 Å². The molecule has 0 unspecified atom stereocenters. The Labute approximate surface area is 167 Å².